The van der Waals surface area contributed by atoms with E-state index in [1.165, 1.54) is 0 Å². The molecule has 198 valence electrons. The van der Waals surface area contributed by atoms with Gasteiger partial charge in [-0.2, -0.15) is 0 Å². The van der Waals surface area contributed by atoms with Gasteiger partial charge in [0.15, 0.2) is 0 Å². The Balaban J connectivity index is 1.51. The van der Waals surface area contributed by atoms with E-state index < -0.39 is 0 Å². The van der Waals surface area contributed by atoms with Gasteiger partial charge in [-0.05, 0) is 68.2 Å². The lowest BCUT2D eigenvalue weighted by molar-refractivity contribution is 0.0182. The molecular formula is C26H50N4O4. The molecule has 8 nitrogen and oxygen atoms in total. The van der Waals surface area contributed by atoms with Crippen molar-refractivity contribution in [3.63, 3.8) is 0 Å². The van der Waals surface area contributed by atoms with E-state index in [1.807, 2.05) is 0 Å². The Hall–Kier alpha value is -1.54. The molecular weight excluding hydrogens is 432 g/mol. The second kappa shape index (κ2) is 11.5. The van der Waals surface area contributed by atoms with Crippen LogP contribution in [0.2, 0.25) is 0 Å². The van der Waals surface area contributed by atoms with Crippen molar-refractivity contribution < 1.29 is 19.1 Å². The number of amides is 2. The van der Waals surface area contributed by atoms with Gasteiger partial charge in [0.05, 0.1) is 0 Å². The molecule has 2 heterocycles. The van der Waals surface area contributed by atoms with Crippen LogP contribution in [0.3, 0.4) is 0 Å². The minimum absolute atomic E-state index is 0.0477. The molecule has 34 heavy (non-hydrogen) atoms. The van der Waals surface area contributed by atoms with Gasteiger partial charge in [0, 0.05) is 60.9 Å². The fourth-order valence-corrected chi connectivity index (χ4v) is 5.99. The second-order valence-corrected chi connectivity index (χ2v) is 12.9. The van der Waals surface area contributed by atoms with Crippen molar-refractivity contribution in [1.82, 2.24) is 21.3 Å². The Morgan fingerprint density at radius 3 is 1.21 bits per heavy atom. The number of alkyl carbamates (subject to hydrolysis) is 2. The highest BCUT2D eigenvalue weighted by molar-refractivity contribution is 5.67. The van der Waals surface area contributed by atoms with Crippen LogP contribution in [0.1, 0.15) is 107 Å². The molecule has 0 spiro atoms. The summed E-state index contributed by atoms with van der Waals surface area (Å²) in [6.07, 6.45) is 6.21. The SMILES string of the molecule is CC1(C)CC(OC(=O)NCCCCCCNC(=O)OC2CC(C)(C)NC(C)(C)C2)CC(C)(C)N1. The van der Waals surface area contributed by atoms with Crippen molar-refractivity contribution in [2.45, 2.75) is 141 Å². The highest BCUT2D eigenvalue weighted by atomic mass is 16.6. The van der Waals surface area contributed by atoms with Crippen molar-refractivity contribution in [2.24, 2.45) is 0 Å². The maximum atomic E-state index is 12.2. The summed E-state index contributed by atoms with van der Waals surface area (Å²) >= 11 is 0. The van der Waals surface area contributed by atoms with Gasteiger partial charge in [-0.25, -0.2) is 9.59 Å². The predicted molar refractivity (Wildman–Crippen MR) is 136 cm³/mol. The summed E-state index contributed by atoms with van der Waals surface area (Å²) in [7, 11) is 0. The van der Waals surface area contributed by atoms with E-state index in [0.29, 0.717) is 13.1 Å². The maximum absolute atomic E-state index is 12.2. The van der Waals surface area contributed by atoms with Crippen LogP contribution >= 0.6 is 0 Å². The minimum atomic E-state index is -0.327. The standard InChI is InChI=1S/C26H50N4O4/c1-23(2)15-19(16-24(3,4)29-23)33-21(31)27-13-11-9-10-12-14-28-22(32)34-20-17-25(5,6)30-26(7,8)18-20/h19-20,29-30H,9-18H2,1-8H3,(H,27,31)(H,28,32). The highest BCUT2D eigenvalue weighted by Gasteiger charge is 2.40. The van der Waals surface area contributed by atoms with Crippen molar-refractivity contribution in [3.05, 3.63) is 0 Å². The first-order chi connectivity index (χ1) is 15.6. The van der Waals surface area contributed by atoms with E-state index in [4.69, 9.17) is 9.47 Å². The molecule has 0 unspecified atom stereocenters. The fraction of sp³-hybridized carbons (Fsp3) is 0.923. The average molecular weight is 483 g/mol. The monoisotopic (exact) mass is 482 g/mol. The predicted octanol–water partition coefficient (Wildman–Crippen LogP) is 4.62. The molecule has 2 fully saturated rings. The van der Waals surface area contributed by atoms with Crippen molar-refractivity contribution in [2.75, 3.05) is 13.1 Å². The topological polar surface area (TPSA) is 101 Å². The fourth-order valence-electron chi connectivity index (χ4n) is 5.99. The van der Waals surface area contributed by atoms with Gasteiger partial charge in [0.25, 0.3) is 0 Å². The van der Waals surface area contributed by atoms with E-state index in [-0.39, 0.29) is 46.6 Å². The first kappa shape index (κ1) is 28.7. The Bertz CT molecular complexity index is 600. The molecule has 0 saturated carbocycles. The Kier molecular flexibility index (Phi) is 9.68. The van der Waals surface area contributed by atoms with Crippen molar-refractivity contribution >= 4 is 12.2 Å². The lowest BCUT2D eigenvalue weighted by atomic mass is 9.81. The molecule has 2 saturated heterocycles. The summed E-state index contributed by atoms with van der Waals surface area (Å²) in [5.74, 6) is 0. The lowest BCUT2D eigenvalue weighted by Crippen LogP contribution is -2.60. The molecule has 0 atom stereocenters. The summed E-state index contributed by atoms with van der Waals surface area (Å²) in [6.45, 7) is 18.4. The molecule has 2 amide bonds. The number of carbonyl (C=O) groups is 2. The van der Waals surface area contributed by atoms with Crippen LogP contribution in [0.15, 0.2) is 0 Å². The van der Waals surface area contributed by atoms with Gasteiger partial charge in [-0.15, -0.1) is 0 Å². The molecule has 0 bridgehead atoms. The zero-order valence-corrected chi connectivity index (χ0v) is 22.9. The molecule has 4 N–H and O–H groups in total. The van der Waals surface area contributed by atoms with Crippen LogP contribution < -0.4 is 21.3 Å². The number of hydrogen-bond donors (Lipinski definition) is 4. The minimum Gasteiger partial charge on any atom is -0.446 e. The second-order valence-electron chi connectivity index (χ2n) is 12.9. The van der Waals surface area contributed by atoms with Crippen LogP contribution in [-0.2, 0) is 9.47 Å². The summed E-state index contributed by atoms with van der Waals surface area (Å²) < 4.78 is 11.3. The van der Waals surface area contributed by atoms with Crippen molar-refractivity contribution in [1.29, 1.82) is 0 Å². The number of ether oxygens (including phenoxy) is 2. The summed E-state index contributed by atoms with van der Waals surface area (Å²) in [5, 5.41) is 12.9. The molecule has 2 aliphatic rings. The number of piperidine rings is 2. The van der Waals surface area contributed by atoms with E-state index in [1.54, 1.807) is 0 Å². The van der Waals surface area contributed by atoms with Crippen LogP contribution in [0.5, 0.6) is 0 Å². The van der Waals surface area contributed by atoms with Crippen LogP contribution in [0.25, 0.3) is 0 Å². The first-order valence-electron chi connectivity index (χ1n) is 13.0. The van der Waals surface area contributed by atoms with Crippen LogP contribution in [0.4, 0.5) is 9.59 Å². The van der Waals surface area contributed by atoms with E-state index in [0.717, 1.165) is 51.4 Å². The average Bonchev–Trinajstić information content (AvgIpc) is 2.58. The van der Waals surface area contributed by atoms with Crippen LogP contribution in [0, 0.1) is 0 Å². The third kappa shape index (κ3) is 10.8. The van der Waals surface area contributed by atoms with Crippen molar-refractivity contribution in [3.8, 4) is 0 Å². The molecule has 0 aromatic rings. The molecule has 0 aromatic carbocycles. The van der Waals surface area contributed by atoms with E-state index in [9.17, 15) is 9.59 Å². The summed E-state index contributed by atoms with van der Waals surface area (Å²) in [5.41, 5.74) is -0.191. The van der Waals surface area contributed by atoms with Gasteiger partial charge >= 0.3 is 12.2 Å². The number of nitrogens with one attached hydrogen (secondary N) is 4. The highest BCUT2D eigenvalue weighted by Crippen LogP contribution is 2.31. The Morgan fingerprint density at radius 1 is 0.618 bits per heavy atom. The third-order valence-corrected chi connectivity index (χ3v) is 6.50. The molecule has 2 aliphatic heterocycles. The number of unbranched alkanes of at least 4 members (excludes halogenated alkanes) is 3. The smallest absolute Gasteiger partial charge is 0.407 e. The van der Waals surface area contributed by atoms with Gasteiger partial charge in [0.2, 0.25) is 0 Å². The molecule has 0 aliphatic carbocycles. The number of rotatable bonds is 9. The molecule has 0 aromatic heterocycles. The third-order valence-electron chi connectivity index (χ3n) is 6.50. The zero-order chi connectivity index (χ0) is 25.6. The summed E-state index contributed by atoms with van der Waals surface area (Å²) in [6, 6.07) is 0. The van der Waals surface area contributed by atoms with Gasteiger partial charge in [-0.1, -0.05) is 12.8 Å². The number of hydrogen-bond acceptors (Lipinski definition) is 6. The van der Waals surface area contributed by atoms with Gasteiger partial charge in [-0.3, -0.25) is 0 Å². The normalized spacial score (nSPS) is 23.6. The quantitative estimate of drug-likeness (QED) is 0.358. The first-order valence-corrected chi connectivity index (χ1v) is 13.0. The number of carbonyl (C=O) groups excluding carboxylic acids is 2. The summed E-state index contributed by atoms with van der Waals surface area (Å²) in [4.78, 5) is 24.3. The Labute approximate surface area is 207 Å². The van der Waals surface area contributed by atoms with E-state index >= 15 is 0 Å². The Morgan fingerprint density at radius 2 is 0.912 bits per heavy atom. The maximum Gasteiger partial charge on any atom is 0.407 e. The van der Waals surface area contributed by atoms with Crippen LogP contribution in [-0.4, -0.2) is 59.6 Å². The zero-order valence-electron chi connectivity index (χ0n) is 22.9. The largest absolute Gasteiger partial charge is 0.446 e. The van der Waals surface area contributed by atoms with Gasteiger partial charge < -0.3 is 30.7 Å². The lowest BCUT2D eigenvalue weighted by Gasteiger charge is -2.45. The van der Waals surface area contributed by atoms with E-state index in [2.05, 4.69) is 76.7 Å². The molecule has 8 heteroatoms. The molecule has 2 rings (SSSR count). The molecule has 0 radical (unpaired) electrons. The van der Waals surface area contributed by atoms with Gasteiger partial charge in [0.1, 0.15) is 12.2 Å².